The van der Waals surface area contributed by atoms with Gasteiger partial charge < -0.3 is 0 Å². The second-order valence-electron chi connectivity index (χ2n) is 4.45. The highest BCUT2D eigenvalue weighted by atomic mass is 79.9. The molecule has 1 heterocycles. The Kier molecular flexibility index (Phi) is 4.99. The fourth-order valence-electron chi connectivity index (χ4n) is 1.05. The maximum atomic E-state index is 4.57. The van der Waals surface area contributed by atoms with Crippen LogP contribution in [0.4, 0.5) is 0 Å². The Morgan fingerprint density at radius 2 is 2.19 bits per heavy atom. The third-order valence-corrected chi connectivity index (χ3v) is 3.13. The Morgan fingerprint density at radius 3 is 2.69 bits per heavy atom. The molecule has 0 radical (unpaired) electrons. The number of halogens is 1. The number of rotatable bonds is 3. The van der Waals surface area contributed by atoms with Gasteiger partial charge in [-0.3, -0.25) is 4.98 Å². The minimum absolute atomic E-state index is 0.145. The standard InChI is InChI=1S/C12H17BrN2S/c1-5-10(15-16-12(2,3)4)11-8-9(13)6-7-14-11/h6-8H,5H2,1-4H3/b15-10+. The second-order valence-corrected chi connectivity index (χ2v) is 6.96. The first kappa shape index (κ1) is 13.7. The lowest BCUT2D eigenvalue weighted by atomic mass is 10.2. The van der Waals surface area contributed by atoms with Crippen molar-refractivity contribution in [2.75, 3.05) is 0 Å². The van der Waals surface area contributed by atoms with Gasteiger partial charge in [-0.25, -0.2) is 4.40 Å². The van der Waals surface area contributed by atoms with Gasteiger partial charge in [0.1, 0.15) is 0 Å². The zero-order valence-electron chi connectivity index (χ0n) is 10.1. The van der Waals surface area contributed by atoms with Gasteiger partial charge in [-0.05, 0) is 51.3 Å². The molecule has 0 unspecified atom stereocenters. The molecule has 0 aromatic carbocycles. The maximum absolute atomic E-state index is 4.57. The van der Waals surface area contributed by atoms with E-state index in [-0.39, 0.29) is 4.75 Å². The van der Waals surface area contributed by atoms with E-state index in [0.717, 1.165) is 22.3 Å². The predicted molar refractivity (Wildman–Crippen MR) is 76.1 cm³/mol. The second kappa shape index (κ2) is 5.82. The minimum atomic E-state index is 0.145. The number of aromatic nitrogens is 1. The van der Waals surface area contributed by atoms with Crippen LogP contribution < -0.4 is 0 Å². The summed E-state index contributed by atoms with van der Waals surface area (Å²) >= 11 is 5.05. The van der Waals surface area contributed by atoms with Crippen molar-refractivity contribution in [1.29, 1.82) is 0 Å². The normalized spacial score (nSPS) is 12.9. The van der Waals surface area contributed by atoms with Crippen LogP contribution in [0.3, 0.4) is 0 Å². The number of hydrogen-bond donors (Lipinski definition) is 0. The summed E-state index contributed by atoms with van der Waals surface area (Å²) in [6.07, 6.45) is 2.69. The molecule has 0 spiro atoms. The van der Waals surface area contributed by atoms with E-state index in [0.29, 0.717) is 0 Å². The van der Waals surface area contributed by atoms with E-state index in [1.807, 2.05) is 12.1 Å². The maximum Gasteiger partial charge on any atom is 0.0862 e. The predicted octanol–water partition coefficient (Wildman–Crippen LogP) is 4.49. The molecule has 2 nitrogen and oxygen atoms in total. The van der Waals surface area contributed by atoms with Crippen molar-refractivity contribution in [3.8, 4) is 0 Å². The first-order valence-corrected chi connectivity index (χ1v) is 6.86. The van der Waals surface area contributed by atoms with E-state index in [1.54, 1.807) is 18.1 Å². The van der Waals surface area contributed by atoms with Crippen LogP contribution in [0.1, 0.15) is 39.8 Å². The van der Waals surface area contributed by atoms with E-state index in [2.05, 4.69) is 53.0 Å². The number of nitrogens with zero attached hydrogens (tertiary/aromatic N) is 2. The van der Waals surface area contributed by atoms with Crippen LogP contribution in [0.2, 0.25) is 0 Å². The average Bonchev–Trinajstić information content (AvgIpc) is 2.17. The van der Waals surface area contributed by atoms with Gasteiger partial charge >= 0.3 is 0 Å². The zero-order valence-corrected chi connectivity index (χ0v) is 12.5. The molecular weight excluding hydrogens is 284 g/mol. The van der Waals surface area contributed by atoms with Crippen LogP contribution >= 0.6 is 27.9 Å². The fraction of sp³-hybridized carbons (Fsp3) is 0.500. The van der Waals surface area contributed by atoms with Gasteiger partial charge in [0.25, 0.3) is 0 Å². The quantitative estimate of drug-likeness (QED) is 0.607. The summed E-state index contributed by atoms with van der Waals surface area (Å²) in [6, 6.07) is 3.93. The molecule has 1 aromatic rings. The first-order chi connectivity index (χ1) is 7.42. The molecule has 0 fully saturated rings. The molecule has 0 atom stereocenters. The fourth-order valence-corrected chi connectivity index (χ4v) is 1.99. The Hall–Kier alpha value is -0.350. The van der Waals surface area contributed by atoms with Gasteiger partial charge in [0.2, 0.25) is 0 Å². The summed E-state index contributed by atoms with van der Waals surface area (Å²) in [5.41, 5.74) is 2.00. The van der Waals surface area contributed by atoms with E-state index in [4.69, 9.17) is 0 Å². The Morgan fingerprint density at radius 1 is 1.50 bits per heavy atom. The molecule has 1 rings (SSSR count). The van der Waals surface area contributed by atoms with Crippen molar-refractivity contribution in [2.24, 2.45) is 4.40 Å². The van der Waals surface area contributed by atoms with Gasteiger partial charge in [0.15, 0.2) is 0 Å². The van der Waals surface area contributed by atoms with Crippen LogP contribution in [0.15, 0.2) is 27.2 Å². The lowest BCUT2D eigenvalue weighted by molar-refractivity contribution is 0.804. The van der Waals surface area contributed by atoms with Crippen LogP contribution in [0, 0.1) is 0 Å². The summed E-state index contributed by atoms with van der Waals surface area (Å²) in [6.45, 7) is 8.57. The molecule has 0 aliphatic heterocycles. The van der Waals surface area contributed by atoms with Gasteiger partial charge in [-0.15, -0.1) is 0 Å². The molecule has 0 saturated heterocycles. The van der Waals surface area contributed by atoms with Gasteiger partial charge in [0.05, 0.1) is 11.4 Å². The number of hydrogen-bond acceptors (Lipinski definition) is 3. The van der Waals surface area contributed by atoms with Crippen LogP contribution in [0.5, 0.6) is 0 Å². The average molecular weight is 301 g/mol. The summed E-state index contributed by atoms with van der Waals surface area (Å²) in [5.74, 6) is 0. The molecular formula is C12H17BrN2S. The Balaban J connectivity index is 2.90. The number of pyridine rings is 1. The third kappa shape index (κ3) is 4.66. The molecule has 0 saturated carbocycles. The van der Waals surface area contributed by atoms with Crippen LogP contribution in [0.25, 0.3) is 0 Å². The van der Waals surface area contributed by atoms with E-state index in [9.17, 15) is 0 Å². The Labute approximate surface area is 110 Å². The molecule has 0 N–H and O–H groups in total. The molecule has 0 bridgehead atoms. The monoisotopic (exact) mass is 300 g/mol. The first-order valence-electron chi connectivity index (χ1n) is 5.29. The van der Waals surface area contributed by atoms with E-state index >= 15 is 0 Å². The van der Waals surface area contributed by atoms with Crippen molar-refractivity contribution in [1.82, 2.24) is 4.98 Å². The molecule has 1 aromatic heterocycles. The molecule has 16 heavy (non-hydrogen) atoms. The molecule has 0 aliphatic rings. The van der Waals surface area contributed by atoms with E-state index in [1.165, 1.54) is 0 Å². The van der Waals surface area contributed by atoms with E-state index < -0.39 is 0 Å². The molecule has 88 valence electrons. The van der Waals surface area contributed by atoms with Crippen LogP contribution in [-0.4, -0.2) is 15.4 Å². The van der Waals surface area contributed by atoms with Crippen molar-refractivity contribution in [2.45, 2.75) is 38.9 Å². The van der Waals surface area contributed by atoms with Crippen molar-refractivity contribution in [3.05, 3.63) is 28.5 Å². The van der Waals surface area contributed by atoms with Crippen molar-refractivity contribution in [3.63, 3.8) is 0 Å². The van der Waals surface area contributed by atoms with Gasteiger partial charge in [-0.1, -0.05) is 22.9 Å². The van der Waals surface area contributed by atoms with Crippen LogP contribution in [-0.2, 0) is 0 Å². The summed E-state index contributed by atoms with van der Waals surface area (Å²) in [4.78, 5) is 4.34. The topological polar surface area (TPSA) is 25.2 Å². The molecule has 0 amide bonds. The highest BCUT2D eigenvalue weighted by molar-refractivity contribution is 9.10. The smallest absolute Gasteiger partial charge is 0.0862 e. The van der Waals surface area contributed by atoms with Crippen molar-refractivity contribution < 1.29 is 0 Å². The molecule has 0 aliphatic carbocycles. The lowest BCUT2D eigenvalue weighted by Gasteiger charge is -2.14. The summed E-state index contributed by atoms with van der Waals surface area (Å²) in [7, 11) is 0. The lowest BCUT2D eigenvalue weighted by Crippen LogP contribution is -2.08. The summed E-state index contributed by atoms with van der Waals surface area (Å²) in [5, 5.41) is 0. The SMILES string of the molecule is CC/C(=N\SC(C)(C)C)c1cc(Br)ccn1. The zero-order chi connectivity index (χ0) is 12.2. The third-order valence-electron chi connectivity index (χ3n) is 1.78. The summed E-state index contributed by atoms with van der Waals surface area (Å²) < 4.78 is 5.76. The Bertz CT molecular complexity index is 383. The highest BCUT2D eigenvalue weighted by Gasteiger charge is 2.11. The minimum Gasteiger partial charge on any atom is -0.255 e. The van der Waals surface area contributed by atoms with Gasteiger partial charge in [-0.2, -0.15) is 0 Å². The highest BCUT2D eigenvalue weighted by Crippen LogP contribution is 2.25. The van der Waals surface area contributed by atoms with Crippen molar-refractivity contribution >= 4 is 33.6 Å². The van der Waals surface area contributed by atoms with Gasteiger partial charge in [0, 0.05) is 15.4 Å². The largest absolute Gasteiger partial charge is 0.255 e. The molecule has 4 heteroatoms.